The van der Waals surface area contributed by atoms with Gasteiger partial charge in [-0.1, -0.05) is 0 Å². The summed E-state index contributed by atoms with van der Waals surface area (Å²) in [4.78, 5) is -3.48. The number of hydrogen-bond donors (Lipinski definition) is 4. The summed E-state index contributed by atoms with van der Waals surface area (Å²) in [5, 5.41) is 41.4. The quantitative estimate of drug-likeness (QED) is 0.152. The zero-order chi connectivity index (χ0) is 37.8. The molecule has 1 aliphatic rings. The summed E-state index contributed by atoms with van der Waals surface area (Å²) in [6.07, 6.45) is -3.04. The third-order valence-electron chi connectivity index (χ3n) is 7.94. The molecule has 1 aliphatic carbocycles. The maximum Gasteiger partial charge on any atom is 0.294 e. The predicted molar refractivity (Wildman–Crippen MR) is 167 cm³/mol. The molecule has 8 bridgehead atoms. The van der Waals surface area contributed by atoms with Crippen molar-refractivity contribution in [2.24, 2.45) is 5.73 Å². The molecule has 0 atom stereocenters. The van der Waals surface area contributed by atoms with Crippen molar-refractivity contribution in [3.05, 3.63) is 93.0 Å². The van der Waals surface area contributed by atoms with Crippen LogP contribution in [0.1, 0.15) is 44.5 Å². The minimum absolute atomic E-state index is 0.125. The van der Waals surface area contributed by atoms with Gasteiger partial charge in [0.05, 0.1) is 19.6 Å². The van der Waals surface area contributed by atoms with Crippen LogP contribution >= 0.6 is 0 Å². The van der Waals surface area contributed by atoms with Gasteiger partial charge in [0.15, 0.2) is 0 Å². The Bertz CT molecular complexity index is 2410. The first-order valence-electron chi connectivity index (χ1n) is 14.3. The van der Waals surface area contributed by atoms with E-state index in [2.05, 4.69) is 0 Å². The van der Waals surface area contributed by atoms with Crippen LogP contribution < -0.4 is 25.8 Å². The molecule has 51 heavy (non-hydrogen) atoms. The molecule has 274 valence electrons. The highest BCUT2D eigenvalue weighted by molar-refractivity contribution is 7.86. The zero-order valence-corrected chi connectivity index (χ0v) is 29.0. The molecule has 0 saturated carbocycles. The molecule has 0 heterocycles. The van der Waals surface area contributed by atoms with Crippen molar-refractivity contribution in [2.45, 2.75) is 45.3 Å². The fourth-order valence-corrected chi connectivity index (χ4v) is 8.02. The minimum Gasteiger partial charge on any atom is -0.872 e. The first-order valence-corrected chi connectivity index (χ1v) is 20.1. The fraction of sp³-hybridized carbons (Fsp3) is 0.200. The first kappa shape index (κ1) is 37.9. The maximum absolute atomic E-state index is 13.8. The Kier molecular flexibility index (Phi) is 9.92. The lowest BCUT2D eigenvalue weighted by molar-refractivity contribution is -0.271. The van der Waals surface area contributed by atoms with Gasteiger partial charge in [0.1, 0.15) is 22.5 Å². The van der Waals surface area contributed by atoms with Crippen LogP contribution in [0.3, 0.4) is 0 Å². The highest BCUT2D eigenvalue weighted by atomic mass is 32.2. The third kappa shape index (κ3) is 8.11. The van der Waals surface area contributed by atoms with Crippen LogP contribution in [0.5, 0.6) is 23.0 Å². The van der Waals surface area contributed by atoms with E-state index in [1.165, 1.54) is 0 Å². The maximum atomic E-state index is 13.8. The molecule has 0 amide bonds. The lowest BCUT2D eigenvalue weighted by Crippen LogP contribution is -2.16. The molecule has 0 saturated heterocycles. The third-order valence-corrected chi connectivity index (χ3v) is 11.2. The molecule has 4 aromatic rings. The topological polar surface area (TPSA) is 325 Å². The molecule has 0 unspecified atom stereocenters. The van der Waals surface area contributed by atoms with Gasteiger partial charge in [-0.3, -0.25) is 13.7 Å². The van der Waals surface area contributed by atoms with E-state index in [4.69, 9.17) is 10.5 Å². The second-order valence-electron chi connectivity index (χ2n) is 11.5. The second kappa shape index (κ2) is 13.3. The standard InChI is InChI=1S/C30H29NO16S4/c31-1-2-47-30-21-5-19-11-24(49(38,39)40)9-17(28(19)33)3-15-7-23(48(35,36)37)8-16(27(15)32)4-18-10-25(50(41,42)43)12-20(29(18)34)6-22(30)14-26(13-21)51(44,45)46/h7-14,32-34H,1-6,31H2,(H,35,36,37)(H,38,39,40)(H,41,42,43)(H,44,45,46)/p-4. The number of fused-ring (bicyclic) bond motifs is 8. The van der Waals surface area contributed by atoms with Crippen molar-refractivity contribution >= 4 is 40.5 Å². The summed E-state index contributed by atoms with van der Waals surface area (Å²) in [6, 6.07) is 5.90. The van der Waals surface area contributed by atoms with Crippen molar-refractivity contribution < 1.29 is 71.9 Å². The Hall–Kier alpha value is -4.32. The highest BCUT2D eigenvalue weighted by Crippen LogP contribution is 2.39. The Balaban J connectivity index is 1.96. The van der Waals surface area contributed by atoms with Gasteiger partial charge < -0.3 is 30.3 Å². The summed E-state index contributed by atoms with van der Waals surface area (Å²) in [7, 11) is -20.5. The fourth-order valence-electron chi connectivity index (χ4n) is 5.70. The molecular formula is C30H25NO16S4-4. The monoisotopic (exact) mass is 783 g/mol. The first-order chi connectivity index (χ1) is 23.5. The molecule has 5 rings (SSSR count). The van der Waals surface area contributed by atoms with E-state index in [1.807, 2.05) is 0 Å². The van der Waals surface area contributed by atoms with Crippen molar-refractivity contribution in [3.8, 4) is 23.0 Å². The number of ether oxygens (including phenoxy) is 1. The second-order valence-corrected chi connectivity index (χ2v) is 17.2. The van der Waals surface area contributed by atoms with Crippen molar-refractivity contribution in [1.29, 1.82) is 0 Å². The molecule has 17 nitrogen and oxygen atoms in total. The van der Waals surface area contributed by atoms with E-state index in [0.29, 0.717) is 24.3 Å². The molecule has 4 aromatic carbocycles. The van der Waals surface area contributed by atoms with Crippen molar-refractivity contribution in [2.75, 3.05) is 13.2 Å². The van der Waals surface area contributed by atoms with Crippen molar-refractivity contribution in [3.63, 3.8) is 0 Å². The normalized spacial score (nSPS) is 13.9. The highest BCUT2D eigenvalue weighted by Gasteiger charge is 2.24. The van der Waals surface area contributed by atoms with E-state index in [-0.39, 0.29) is 30.0 Å². The van der Waals surface area contributed by atoms with E-state index < -0.39 is 136 Å². The van der Waals surface area contributed by atoms with Crippen LogP contribution in [-0.2, 0) is 66.2 Å². The zero-order valence-electron chi connectivity index (χ0n) is 25.7. The molecule has 5 N–H and O–H groups in total. The van der Waals surface area contributed by atoms with E-state index in [9.17, 15) is 67.2 Å². The number of nitrogens with two attached hydrogens (primary N) is 1. The Morgan fingerprint density at radius 3 is 1.02 bits per heavy atom. The van der Waals surface area contributed by atoms with Crippen LogP contribution in [0.2, 0.25) is 0 Å². The van der Waals surface area contributed by atoms with Gasteiger partial charge in [-0.25, -0.2) is 8.42 Å². The van der Waals surface area contributed by atoms with Gasteiger partial charge in [0, 0.05) is 30.5 Å². The van der Waals surface area contributed by atoms with Crippen LogP contribution in [0.4, 0.5) is 0 Å². The Labute approximate surface area is 291 Å². The van der Waals surface area contributed by atoms with Crippen LogP contribution in [0, 0.1) is 0 Å². The summed E-state index contributed by atoms with van der Waals surface area (Å²) in [6.45, 7) is -0.377. The number of benzene rings is 4. The average molecular weight is 784 g/mol. The van der Waals surface area contributed by atoms with Crippen LogP contribution in [-0.4, -0.2) is 65.0 Å². The molecule has 0 aromatic heterocycles. The molecule has 21 heteroatoms. The molecule has 0 radical (unpaired) electrons. The van der Waals surface area contributed by atoms with Gasteiger partial charge in [-0.05, 0) is 94.8 Å². The lowest BCUT2D eigenvalue weighted by atomic mass is 9.91. The van der Waals surface area contributed by atoms with Gasteiger partial charge in [0.25, 0.3) is 30.4 Å². The van der Waals surface area contributed by atoms with E-state index >= 15 is 0 Å². The molecule has 0 aliphatic heterocycles. The van der Waals surface area contributed by atoms with Crippen LogP contribution in [0.25, 0.3) is 0 Å². The molecular weight excluding hydrogens is 759 g/mol. The molecule has 0 spiro atoms. The van der Waals surface area contributed by atoms with Gasteiger partial charge >= 0.3 is 0 Å². The van der Waals surface area contributed by atoms with Crippen LogP contribution in [0.15, 0.2) is 68.1 Å². The largest absolute Gasteiger partial charge is 0.872 e. The average Bonchev–Trinajstić information content (AvgIpc) is 2.99. The predicted octanol–water partition coefficient (Wildman–Crippen LogP) is -0.434. The summed E-state index contributed by atoms with van der Waals surface area (Å²) in [5.74, 6) is -3.15. The molecule has 0 fully saturated rings. The van der Waals surface area contributed by atoms with E-state index in [1.54, 1.807) is 0 Å². The van der Waals surface area contributed by atoms with Gasteiger partial charge in [-0.15, -0.1) is 17.2 Å². The summed E-state index contributed by atoms with van der Waals surface area (Å²) < 4.78 is 146. The van der Waals surface area contributed by atoms with Gasteiger partial charge in [-0.2, -0.15) is 25.3 Å². The Morgan fingerprint density at radius 1 is 0.510 bits per heavy atom. The Morgan fingerprint density at radius 2 is 0.765 bits per heavy atom. The summed E-state index contributed by atoms with van der Waals surface area (Å²) >= 11 is 0. The van der Waals surface area contributed by atoms with E-state index in [0.717, 1.165) is 24.3 Å². The number of rotatable bonds is 7. The lowest BCUT2D eigenvalue weighted by Gasteiger charge is -2.28. The minimum atomic E-state index is -5.32. The SMILES string of the molecule is NCCOc1c2cc(S(=O)(=O)O)cc1Cc1cc(S(=O)(=O)O)cc(c1[O-])Cc1cc(S(=O)(=O)[O-])cc(c1[O-])Cc1cc(S(=O)(=O)O)cc(c1[O-])C2. The van der Waals surface area contributed by atoms with Crippen molar-refractivity contribution in [1.82, 2.24) is 0 Å². The smallest absolute Gasteiger partial charge is 0.294 e. The number of hydrogen-bond acceptors (Lipinski definition) is 14. The summed E-state index contributed by atoms with van der Waals surface area (Å²) in [5.41, 5.74) is 2.19. The van der Waals surface area contributed by atoms with Gasteiger partial charge in [0.2, 0.25) is 0 Å².